The van der Waals surface area contributed by atoms with E-state index in [0.29, 0.717) is 11.5 Å². The van der Waals surface area contributed by atoms with E-state index in [-0.39, 0.29) is 42.4 Å². The highest BCUT2D eigenvalue weighted by Crippen LogP contribution is 2.49. The summed E-state index contributed by atoms with van der Waals surface area (Å²) in [6, 6.07) is 18.4. The second-order valence-electron chi connectivity index (χ2n) is 8.50. The van der Waals surface area contributed by atoms with Gasteiger partial charge in [0, 0.05) is 40.9 Å². The van der Waals surface area contributed by atoms with Crippen LogP contribution in [0.3, 0.4) is 0 Å². The van der Waals surface area contributed by atoms with Gasteiger partial charge in [-0.2, -0.15) is 0 Å². The van der Waals surface area contributed by atoms with Gasteiger partial charge in [0.15, 0.2) is 0 Å². The van der Waals surface area contributed by atoms with Gasteiger partial charge in [0.05, 0.1) is 18.2 Å². The molecule has 1 aliphatic heterocycles. The summed E-state index contributed by atoms with van der Waals surface area (Å²) in [4.78, 5) is 0. The first-order valence-corrected chi connectivity index (χ1v) is 12.1. The van der Waals surface area contributed by atoms with Gasteiger partial charge in [-0.05, 0) is 50.7 Å². The molecule has 0 aromatic heterocycles. The van der Waals surface area contributed by atoms with Gasteiger partial charge in [-0.1, -0.05) is 36.5 Å². The Bertz CT molecular complexity index is 1110. The Hall–Kier alpha value is -3.21. The average molecular weight is 512 g/mol. The highest BCUT2D eigenvalue weighted by atomic mass is 32.1. The normalized spacial score (nSPS) is 14.7. The van der Waals surface area contributed by atoms with E-state index in [2.05, 4.69) is 10.6 Å². The zero-order chi connectivity index (χ0) is 26.2. The molecule has 36 heavy (non-hydrogen) atoms. The third-order valence-corrected chi connectivity index (χ3v) is 6.01. The first-order chi connectivity index (χ1) is 17.3. The Kier molecular flexibility index (Phi) is 9.63. The van der Waals surface area contributed by atoms with Gasteiger partial charge in [-0.15, -0.1) is 0 Å². The number of aliphatic hydroxyl groups excluding tert-OH is 1. The first-order valence-electron chi connectivity index (χ1n) is 11.6. The average Bonchev–Trinajstić information content (AvgIpc) is 2.86. The third-order valence-electron chi connectivity index (χ3n) is 5.89. The third kappa shape index (κ3) is 6.71. The van der Waals surface area contributed by atoms with E-state index in [4.69, 9.17) is 32.5 Å². The number of hydrogen-bond acceptors (Lipinski definition) is 8. The number of hydrogen-bond donors (Lipinski definition) is 6. The molecule has 1 heterocycles. The zero-order valence-corrected chi connectivity index (χ0v) is 21.3. The molecule has 0 aliphatic carbocycles. The number of aromatic hydroxyl groups is 2. The number of ether oxygens (including phenoxy) is 2. The Morgan fingerprint density at radius 3 is 2.00 bits per heavy atom. The lowest BCUT2D eigenvalue weighted by molar-refractivity contribution is -0.0429. The molecule has 0 amide bonds. The van der Waals surface area contributed by atoms with Crippen molar-refractivity contribution in [3.63, 3.8) is 0 Å². The summed E-state index contributed by atoms with van der Waals surface area (Å²) in [7, 11) is 1.82. The van der Waals surface area contributed by atoms with Crippen molar-refractivity contribution in [3.05, 3.63) is 77.4 Å². The van der Waals surface area contributed by atoms with E-state index in [0.717, 1.165) is 22.4 Å². The minimum Gasteiger partial charge on any atom is -0.508 e. The van der Waals surface area contributed by atoms with Gasteiger partial charge in [-0.3, -0.25) is 0 Å². The maximum atomic E-state index is 9.79. The molecule has 8 nitrogen and oxygen atoms in total. The zero-order valence-electron chi connectivity index (χ0n) is 20.5. The molecule has 3 unspecified atom stereocenters. The molecule has 3 aromatic rings. The summed E-state index contributed by atoms with van der Waals surface area (Å²) in [5, 5.41) is 34.4. The van der Waals surface area contributed by atoms with Crippen LogP contribution in [0.2, 0.25) is 0 Å². The lowest BCUT2D eigenvalue weighted by Crippen LogP contribution is -2.42. The van der Waals surface area contributed by atoms with Crippen LogP contribution in [-0.4, -0.2) is 52.8 Å². The highest BCUT2D eigenvalue weighted by Gasteiger charge is 2.29. The van der Waals surface area contributed by atoms with Crippen molar-refractivity contribution in [2.75, 3.05) is 19.0 Å². The molecule has 192 valence electrons. The van der Waals surface area contributed by atoms with E-state index in [1.54, 1.807) is 31.2 Å². The number of thiocarbonyl (C=S) groups is 1. The van der Waals surface area contributed by atoms with Crippen LogP contribution in [0.5, 0.6) is 23.0 Å². The van der Waals surface area contributed by atoms with Gasteiger partial charge in [0.2, 0.25) is 0 Å². The maximum absolute atomic E-state index is 9.79. The van der Waals surface area contributed by atoms with Crippen LogP contribution in [-0.2, 0) is 4.74 Å². The SMILES string of the molecule is CNC(C)C(CO)OC(C)N.Oc1ccc2c(c1)Oc1cc(O)ccc1C2c1ccc(NC=S)cc1. The highest BCUT2D eigenvalue weighted by molar-refractivity contribution is 7.79. The van der Waals surface area contributed by atoms with Gasteiger partial charge < -0.3 is 41.2 Å². The molecule has 9 heteroatoms. The summed E-state index contributed by atoms with van der Waals surface area (Å²) in [6.07, 6.45) is -0.553. The fraction of sp³-hybridized carbons (Fsp3) is 0.296. The van der Waals surface area contributed by atoms with Crippen LogP contribution in [0.1, 0.15) is 36.5 Å². The second kappa shape index (κ2) is 12.7. The smallest absolute Gasteiger partial charge is 0.135 e. The van der Waals surface area contributed by atoms with Gasteiger partial charge >= 0.3 is 0 Å². The van der Waals surface area contributed by atoms with E-state index in [9.17, 15) is 10.2 Å². The molecular weight excluding hydrogens is 478 g/mol. The molecule has 1 aliphatic rings. The topological polar surface area (TPSA) is 129 Å². The van der Waals surface area contributed by atoms with Crippen molar-refractivity contribution in [2.45, 2.75) is 38.1 Å². The number of fused-ring (bicyclic) bond motifs is 2. The van der Waals surface area contributed by atoms with E-state index in [1.807, 2.05) is 50.4 Å². The van der Waals surface area contributed by atoms with Crippen molar-refractivity contribution in [1.29, 1.82) is 0 Å². The summed E-state index contributed by atoms with van der Waals surface area (Å²) in [5.74, 6) is 1.40. The fourth-order valence-electron chi connectivity index (χ4n) is 3.97. The van der Waals surface area contributed by atoms with Gasteiger partial charge in [0.25, 0.3) is 0 Å². The largest absolute Gasteiger partial charge is 0.508 e. The van der Waals surface area contributed by atoms with Crippen LogP contribution in [0.4, 0.5) is 5.69 Å². The number of phenols is 2. The Morgan fingerprint density at radius 2 is 1.56 bits per heavy atom. The van der Waals surface area contributed by atoms with E-state index >= 15 is 0 Å². The molecule has 4 rings (SSSR count). The van der Waals surface area contributed by atoms with Crippen LogP contribution in [0, 0.1) is 0 Å². The van der Waals surface area contributed by atoms with E-state index < -0.39 is 0 Å². The minimum atomic E-state index is -0.331. The summed E-state index contributed by atoms with van der Waals surface area (Å²) < 4.78 is 11.1. The Labute approximate surface area is 216 Å². The number of rotatable bonds is 8. The molecule has 0 spiro atoms. The predicted octanol–water partition coefficient (Wildman–Crippen LogP) is 4.03. The van der Waals surface area contributed by atoms with Gasteiger partial charge in [-0.25, -0.2) is 0 Å². The summed E-state index contributed by atoms with van der Waals surface area (Å²) >= 11 is 4.82. The van der Waals surface area contributed by atoms with Crippen LogP contribution in [0.15, 0.2) is 60.7 Å². The fourth-order valence-corrected chi connectivity index (χ4v) is 4.10. The first kappa shape index (κ1) is 27.4. The predicted molar refractivity (Wildman–Crippen MR) is 145 cm³/mol. The van der Waals surface area contributed by atoms with Crippen molar-refractivity contribution in [3.8, 4) is 23.0 Å². The van der Waals surface area contributed by atoms with Crippen LogP contribution >= 0.6 is 12.2 Å². The number of likely N-dealkylation sites (N-methyl/N-ethyl adjacent to an activating group) is 1. The molecule has 0 saturated carbocycles. The molecular formula is C27H33N3O5S. The quantitative estimate of drug-likeness (QED) is 0.153. The minimum absolute atomic E-state index is 0.0104. The second-order valence-corrected chi connectivity index (χ2v) is 8.74. The molecule has 0 radical (unpaired) electrons. The van der Waals surface area contributed by atoms with Gasteiger partial charge in [0.1, 0.15) is 29.2 Å². The Balaban J connectivity index is 0.000000280. The molecule has 3 aromatic carbocycles. The number of anilines is 1. The summed E-state index contributed by atoms with van der Waals surface area (Å²) in [6.45, 7) is 3.66. The lowest BCUT2D eigenvalue weighted by atomic mass is 9.82. The van der Waals surface area contributed by atoms with Crippen molar-refractivity contribution >= 4 is 23.4 Å². The number of phenolic OH excluding ortho intramolecular Hbond substituents is 2. The monoisotopic (exact) mass is 511 g/mol. The van der Waals surface area contributed by atoms with Crippen molar-refractivity contribution in [2.24, 2.45) is 5.73 Å². The van der Waals surface area contributed by atoms with Crippen LogP contribution < -0.4 is 21.1 Å². The lowest BCUT2D eigenvalue weighted by Gasteiger charge is -2.29. The number of nitrogens with one attached hydrogen (secondary N) is 2. The standard InChI is InChI=1S/C20H15NO3S.C7H18N2O2/c22-14-5-7-16-18(9-14)24-19-10-15(23)6-8-17(19)20(16)12-1-3-13(4-2-12)21-11-25;1-5(9-3)7(4-10)11-6(2)8/h1-11,20,22-23H,(H,21,25);5-7,9-10H,4,8H2,1-3H3. The maximum Gasteiger partial charge on any atom is 0.135 e. The number of benzene rings is 3. The number of aliphatic hydroxyl groups is 1. The summed E-state index contributed by atoms with van der Waals surface area (Å²) in [5.41, 5.74) is 10.8. The molecule has 7 N–H and O–H groups in total. The molecule has 0 fully saturated rings. The van der Waals surface area contributed by atoms with Crippen LogP contribution in [0.25, 0.3) is 0 Å². The van der Waals surface area contributed by atoms with E-state index in [1.165, 1.54) is 5.49 Å². The van der Waals surface area contributed by atoms with Crippen molar-refractivity contribution < 1.29 is 24.8 Å². The molecule has 0 saturated heterocycles. The van der Waals surface area contributed by atoms with Crippen molar-refractivity contribution in [1.82, 2.24) is 5.32 Å². The molecule has 3 atom stereocenters. The number of nitrogens with two attached hydrogens (primary N) is 1. The Morgan fingerprint density at radius 1 is 1.00 bits per heavy atom. The molecule has 0 bridgehead atoms.